The molecular weight excluding hydrogens is 328 g/mol. The fraction of sp³-hybridized carbons (Fsp3) is 0.727. The molecule has 0 aliphatic heterocycles. The molecule has 4 heteroatoms. The van der Waals surface area contributed by atoms with Crippen LogP contribution < -0.4 is 0 Å². The number of hydrogen-bond acceptors (Lipinski definition) is 4. The van der Waals surface area contributed by atoms with E-state index in [1.54, 1.807) is 0 Å². The Bertz CT molecular complexity index is 426. The van der Waals surface area contributed by atoms with Gasteiger partial charge in [-0.05, 0) is 12.8 Å². The maximum atomic E-state index is 11.9. The molecule has 0 aliphatic rings. The summed E-state index contributed by atoms with van der Waals surface area (Å²) < 4.78 is 10.2. The van der Waals surface area contributed by atoms with Gasteiger partial charge in [0.2, 0.25) is 0 Å². The van der Waals surface area contributed by atoms with Gasteiger partial charge in [-0.1, -0.05) is 91.2 Å². The SMILES string of the molecule is C=C(C(=C)C(=O)OCCCCCCCCCCCC)C(=O)OCCCC. The number of hydrogen-bond donors (Lipinski definition) is 0. The number of unbranched alkanes of at least 4 members (excludes halogenated alkanes) is 10. The second-order valence-electron chi connectivity index (χ2n) is 6.76. The molecular formula is C22H38O4. The van der Waals surface area contributed by atoms with E-state index in [4.69, 9.17) is 9.47 Å². The molecule has 0 aromatic carbocycles. The van der Waals surface area contributed by atoms with Crippen molar-refractivity contribution in [3.05, 3.63) is 24.3 Å². The molecule has 0 saturated heterocycles. The van der Waals surface area contributed by atoms with E-state index in [1.807, 2.05) is 6.92 Å². The highest BCUT2D eigenvalue weighted by Gasteiger charge is 2.19. The maximum Gasteiger partial charge on any atom is 0.338 e. The molecule has 4 nitrogen and oxygen atoms in total. The molecule has 0 fully saturated rings. The zero-order chi connectivity index (χ0) is 19.6. The first-order valence-electron chi connectivity index (χ1n) is 10.3. The standard InChI is InChI=1S/C22H38O4/c1-5-7-9-10-11-12-13-14-15-16-18-26-22(24)20(4)19(3)21(23)25-17-8-6-2/h3-18H2,1-2H3. The highest BCUT2D eigenvalue weighted by atomic mass is 16.5. The van der Waals surface area contributed by atoms with E-state index in [0.717, 1.165) is 25.7 Å². The monoisotopic (exact) mass is 366 g/mol. The maximum absolute atomic E-state index is 11.9. The van der Waals surface area contributed by atoms with Crippen molar-refractivity contribution in [2.24, 2.45) is 0 Å². The first kappa shape index (κ1) is 24.4. The van der Waals surface area contributed by atoms with Crippen LogP contribution in [0.4, 0.5) is 0 Å². The summed E-state index contributed by atoms with van der Waals surface area (Å²) in [4.78, 5) is 23.6. The zero-order valence-corrected chi connectivity index (χ0v) is 16.9. The smallest absolute Gasteiger partial charge is 0.338 e. The quantitative estimate of drug-likeness (QED) is 0.139. The molecule has 0 aliphatic carbocycles. The summed E-state index contributed by atoms with van der Waals surface area (Å²) in [5.41, 5.74) is -0.0345. The molecule has 0 spiro atoms. The number of rotatable bonds is 17. The van der Waals surface area contributed by atoms with Gasteiger partial charge in [0.25, 0.3) is 0 Å². The van der Waals surface area contributed by atoms with Gasteiger partial charge < -0.3 is 9.47 Å². The molecule has 0 unspecified atom stereocenters. The van der Waals surface area contributed by atoms with Gasteiger partial charge >= 0.3 is 11.9 Å². The van der Waals surface area contributed by atoms with Gasteiger partial charge in [-0.15, -0.1) is 0 Å². The third-order valence-electron chi connectivity index (χ3n) is 4.32. The van der Waals surface area contributed by atoms with Crippen LogP contribution >= 0.6 is 0 Å². The number of carbonyl (C=O) groups excluding carboxylic acids is 2. The molecule has 0 N–H and O–H groups in total. The number of carbonyl (C=O) groups is 2. The van der Waals surface area contributed by atoms with Crippen LogP contribution in [0.15, 0.2) is 24.3 Å². The molecule has 0 rings (SSSR count). The number of esters is 2. The van der Waals surface area contributed by atoms with Crippen molar-refractivity contribution < 1.29 is 19.1 Å². The van der Waals surface area contributed by atoms with E-state index in [9.17, 15) is 9.59 Å². The molecule has 0 atom stereocenters. The summed E-state index contributed by atoms with van der Waals surface area (Å²) in [5.74, 6) is -1.18. The Kier molecular flexibility index (Phi) is 15.8. The number of ether oxygens (including phenoxy) is 2. The van der Waals surface area contributed by atoms with Gasteiger partial charge in [-0.25, -0.2) is 9.59 Å². The average molecular weight is 367 g/mol. The summed E-state index contributed by atoms with van der Waals surface area (Å²) >= 11 is 0. The van der Waals surface area contributed by atoms with Gasteiger partial charge in [-0.2, -0.15) is 0 Å². The molecule has 0 radical (unpaired) electrons. The zero-order valence-electron chi connectivity index (χ0n) is 16.9. The fourth-order valence-corrected chi connectivity index (χ4v) is 2.48. The lowest BCUT2D eigenvalue weighted by molar-refractivity contribution is -0.142. The Hall–Kier alpha value is -1.58. The minimum atomic E-state index is -0.598. The van der Waals surface area contributed by atoms with Crippen LogP contribution in [0.3, 0.4) is 0 Å². The Labute approximate surface area is 160 Å². The topological polar surface area (TPSA) is 52.6 Å². The van der Waals surface area contributed by atoms with E-state index in [2.05, 4.69) is 20.1 Å². The second kappa shape index (κ2) is 16.9. The molecule has 0 aromatic rings. The van der Waals surface area contributed by atoms with Crippen LogP contribution in [0.25, 0.3) is 0 Å². The van der Waals surface area contributed by atoms with Crippen molar-refractivity contribution in [1.29, 1.82) is 0 Å². The van der Waals surface area contributed by atoms with Crippen LogP contribution in [0, 0.1) is 0 Å². The average Bonchev–Trinajstić information content (AvgIpc) is 2.64. The lowest BCUT2D eigenvalue weighted by Gasteiger charge is -2.09. The third kappa shape index (κ3) is 12.7. The normalized spacial score (nSPS) is 10.4. The van der Waals surface area contributed by atoms with Gasteiger partial charge in [-0.3, -0.25) is 0 Å². The lowest BCUT2D eigenvalue weighted by Crippen LogP contribution is -2.16. The first-order chi connectivity index (χ1) is 12.5. The summed E-state index contributed by atoms with van der Waals surface area (Å²) in [6, 6.07) is 0. The van der Waals surface area contributed by atoms with Crippen molar-refractivity contribution >= 4 is 11.9 Å². The van der Waals surface area contributed by atoms with Crippen molar-refractivity contribution in [3.8, 4) is 0 Å². The Morgan fingerprint density at radius 2 is 0.923 bits per heavy atom. The van der Waals surface area contributed by atoms with Crippen LogP contribution in [0.1, 0.15) is 90.9 Å². The van der Waals surface area contributed by atoms with Crippen molar-refractivity contribution in [3.63, 3.8) is 0 Å². The van der Waals surface area contributed by atoms with Gasteiger partial charge in [0.1, 0.15) is 0 Å². The minimum absolute atomic E-state index is 0.0152. The van der Waals surface area contributed by atoms with Gasteiger partial charge in [0.15, 0.2) is 0 Å². The predicted octanol–water partition coefficient (Wildman–Crippen LogP) is 5.91. The Morgan fingerprint density at radius 1 is 0.577 bits per heavy atom. The molecule has 0 amide bonds. The second-order valence-corrected chi connectivity index (χ2v) is 6.76. The summed E-state index contributed by atoms with van der Waals surface area (Å²) in [6.07, 6.45) is 14.0. The van der Waals surface area contributed by atoms with Crippen LogP contribution in [0.5, 0.6) is 0 Å². The minimum Gasteiger partial charge on any atom is -0.462 e. The lowest BCUT2D eigenvalue weighted by atomic mass is 10.1. The predicted molar refractivity (Wildman–Crippen MR) is 107 cm³/mol. The van der Waals surface area contributed by atoms with Crippen LogP contribution in [-0.2, 0) is 19.1 Å². The van der Waals surface area contributed by atoms with E-state index in [1.165, 1.54) is 51.4 Å². The molecule has 0 saturated carbocycles. The fourth-order valence-electron chi connectivity index (χ4n) is 2.48. The van der Waals surface area contributed by atoms with Crippen molar-refractivity contribution in [2.75, 3.05) is 13.2 Å². The summed E-state index contributed by atoms with van der Waals surface area (Å²) in [6.45, 7) is 12.1. The van der Waals surface area contributed by atoms with E-state index in [-0.39, 0.29) is 11.1 Å². The molecule has 0 bridgehead atoms. The van der Waals surface area contributed by atoms with E-state index in [0.29, 0.717) is 13.2 Å². The molecule has 0 aromatic heterocycles. The summed E-state index contributed by atoms with van der Waals surface area (Å²) in [5, 5.41) is 0. The first-order valence-corrected chi connectivity index (χ1v) is 10.3. The largest absolute Gasteiger partial charge is 0.462 e. The van der Waals surface area contributed by atoms with Crippen molar-refractivity contribution in [1.82, 2.24) is 0 Å². The third-order valence-corrected chi connectivity index (χ3v) is 4.32. The highest BCUT2D eigenvalue weighted by molar-refractivity contribution is 6.06. The molecule has 150 valence electrons. The Morgan fingerprint density at radius 3 is 1.35 bits per heavy atom. The molecule has 26 heavy (non-hydrogen) atoms. The van der Waals surface area contributed by atoms with Crippen molar-refractivity contribution in [2.45, 2.75) is 90.9 Å². The molecule has 0 heterocycles. The summed E-state index contributed by atoms with van der Waals surface area (Å²) in [7, 11) is 0. The Balaban J connectivity index is 3.67. The van der Waals surface area contributed by atoms with Crippen LogP contribution in [-0.4, -0.2) is 25.2 Å². The van der Waals surface area contributed by atoms with E-state index >= 15 is 0 Å². The van der Waals surface area contributed by atoms with Gasteiger partial charge in [0, 0.05) is 0 Å². The van der Waals surface area contributed by atoms with Crippen LogP contribution in [0.2, 0.25) is 0 Å². The van der Waals surface area contributed by atoms with Gasteiger partial charge in [0.05, 0.1) is 24.4 Å². The van der Waals surface area contributed by atoms with E-state index < -0.39 is 11.9 Å². The highest BCUT2D eigenvalue weighted by Crippen LogP contribution is 2.12.